The number of benzene rings is 1. The smallest absolute Gasteiger partial charge is 0.238 e. The predicted molar refractivity (Wildman–Crippen MR) is 90.3 cm³/mol. The first-order valence-corrected chi connectivity index (χ1v) is 8.83. The van der Waals surface area contributed by atoms with E-state index in [1.807, 2.05) is 49.7 Å². The zero-order valence-corrected chi connectivity index (χ0v) is 13.9. The fraction of sp³-hybridized carbons (Fsp3) is 0.333. The molecular formula is C15H18N2O2S2. The van der Waals surface area contributed by atoms with Crippen molar-refractivity contribution >= 4 is 34.1 Å². The van der Waals surface area contributed by atoms with Gasteiger partial charge in [0.2, 0.25) is 5.91 Å². The van der Waals surface area contributed by atoms with Gasteiger partial charge in [0, 0.05) is 10.9 Å². The molecule has 1 heterocycles. The maximum absolute atomic E-state index is 11.9. The van der Waals surface area contributed by atoms with Gasteiger partial charge in [0.15, 0.2) is 5.13 Å². The second-order valence-corrected chi connectivity index (χ2v) is 6.37. The van der Waals surface area contributed by atoms with Crippen LogP contribution >= 0.6 is 23.1 Å². The zero-order valence-electron chi connectivity index (χ0n) is 12.3. The van der Waals surface area contributed by atoms with E-state index in [2.05, 4.69) is 10.3 Å². The van der Waals surface area contributed by atoms with E-state index >= 15 is 0 Å². The Bertz CT molecular complexity index is 613. The van der Waals surface area contributed by atoms with Crippen LogP contribution in [0.2, 0.25) is 0 Å². The van der Waals surface area contributed by atoms with Crippen molar-refractivity contribution < 1.29 is 9.53 Å². The first kappa shape index (κ1) is 15.9. The Labute approximate surface area is 132 Å². The molecule has 0 saturated carbocycles. The van der Waals surface area contributed by atoms with Crippen LogP contribution in [-0.2, 0) is 4.79 Å². The summed E-state index contributed by atoms with van der Waals surface area (Å²) < 4.78 is 5.61. The fourth-order valence-electron chi connectivity index (χ4n) is 1.73. The number of anilines is 1. The van der Waals surface area contributed by atoms with Gasteiger partial charge in [-0.3, -0.25) is 4.79 Å². The van der Waals surface area contributed by atoms with E-state index < -0.39 is 0 Å². The molecule has 0 aliphatic rings. The lowest BCUT2D eigenvalue weighted by atomic mass is 10.1. The van der Waals surface area contributed by atoms with E-state index in [-0.39, 0.29) is 11.2 Å². The lowest BCUT2D eigenvalue weighted by Crippen LogP contribution is -2.21. The Balaban J connectivity index is 2.18. The number of carbonyl (C=O) groups excluding carboxylic acids is 1. The predicted octanol–water partition coefficient (Wildman–Crippen LogP) is 3.90. The topological polar surface area (TPSA) is 51.2 Å². The number of amides is 1. The molecule has 1 N–H and O–H groups in total. The molecule has 0 spiro atoms. The molecule has 0 aliphatic heterocycles. The van der Waals surface area contributed by atoms with Gasteiger partial charge in [-0.1, -0.05) is 12.1 Å². The van der Waals surface area contributed by atoms with Gasteiger partial charge in [-0.05, 0) is 32.2 Å². The van der Waals surface area contributed by atoms with Gasteiger partial charge in [-0.2, -0.15) is 11.8 Å². The summed E-state index contributed by atoms with van der Waals surface area (Å²) >= 11 is 2.93. The van der Waals surface area contributed by atoms with Gasteiger partial charge in [0.25, 0.3) is 0 Å². The summed E-state index contributed by atoms with van der Waals surface area (Å²) in [7, 11) is 0. The zero-order chi connectivity index (χ0) is 15.2. The molecule has 1 unspecified atom stereocenters. The summed E-state index contributed by atoms with van der Waals surface area (Å²) in [4.78, 5) is 16.3. The SMILES string of the molecule is CCOc1ccccc1-c1csc(NC(=O)C(C)SC)n1. The number of carbonyl (C=O) groups is 1. The Morgan fingerprint density at radius 2 is 2.24 bits per heavy atom. The summed E-state index contributed by atoms with van der Waals surface area (Å²) in [5, 5.41) is 5.29. The van der Waals surface area contributed by atoms with Gasteiger partial charge in [0.05, 0.1) is 17.6 Å². The molecule has 1 amide bonds. The highest BCUT2D eigenvalue weighted by Gasteiger charge is 2.14. The minimum atomic E-state index is -0.0898. The Kier molecular flexibility index (Phi) is 5.64. The van der Waals surface area contributed by atoms with Crippen LogP contribution < -0.4 is 10.1 Å². The number of thiazole rings is 1. The first-order chi connectivity index (χ1) is 10.2. The number of ether oxygens (including phenoxy) is 1. The van der Waals surface area contributed by atoms with Crippen molar-refractivity contribution in [2.24, 2.45) is 0 Å². The van der Waals surface area contributed by atoms with Gasteiger partial charge in [0.1, 0.15) is 5.75 Å². The third-order valence-corrected chi connectivity index (χ3v) is 4.60. The van der Waals surface area contributed by atoms with Crippen molar-refractivity contribution in [2.45, 2.75) is 19.1 Å². The van der Waals surface area contributed by atoms with Gasteiger partial charge in [-0.25, -0.2) is 4.98 Å². The molecular weight excluding hydrogens is 304 g/mol. The Morgan fingerprint density at radius 1 is 1.48 bits per heavy atom. The minimum Gasteiger partial charge on any atom is -0.493 e. The fourth-order valence-corrected chi connectivity index (χ4v) is 2.72. The number of rotatable bonds is 6. The van der Waals surface area contributed by atoms with Crippen LogP contribution in [-0.4, -0.2) is 29.0 Å². The molecule has 0 bridgehead atoms. The molecule has 0 radical (unpaired) electrons. The normalized spacial score (nSPS) is 12.0. The molecule has 0 saturated heterocycles. The van der Waals surface area contributed by atoms with E-state index in [1.165, 1.54) is 23.1 Å². The van der Waals surface area contributed by atoms with Crippen LogP contribution in [0, 0.1) is 0 Å². The molecule has 1 aromatic carbocycles. The van der Waals surface area contributed by atoms with Crippen LogP contribution in [0.4, 0.5) is 5.13 Å². The van der Waals surface area contributed by atoms with E-state index in [0.29, 0.717) is 11.7 Å². The molecule has 1 atom stereocenters. The van der Waals surface area contributed by atoms with E-state index in [4.69, 9.17) is 4.74 Å². The van der Waals surface area contributed by atoms with Crippen molar-refractivity contribution in [3.05, 3.63) is 29.6 Å². The lowest BCUT2D eigenvalue weighted by molar-refractivity contribution is -0.115. The highest BCUT2D eigenvalue weighted by molar-refractivity contribution is 7.99. The lowest BCUT2D eigenvalue weighted by Gasteiger charge is -2.08. The Hall–Kier alpha value is -1.53. The van der Waals surface area contributed by atoms with Crippen LogP contribution in [0.1, 0.15) is 13.8 Å². The maximum Gasteiger partial charge on any atom is 0.238 e. The first-order valence-electron chi connectivity index (χ1n) is 6.67. The van der Waals surface area contributed by atoms with E-state index in [0.717, 1.165) is 17.0 Å². The minimum absolute atomic E-state index is 0.0264. The number of hydrogen-bond acceptors (Lipinski definition) is 5. The molecule has 1 aromatic heterocycles. The van der Waals surface area contributed by atoms with Gasteiger partial charge in [-0.15, -0.1) is 11.3 Å². The third kappa shape index (κ3) is 3.98. The summed E-state index contributed by atoms with van der Waals surface area (Å²) in [6, 6.07) is 7.78. The summed E-state index contributed by atoms with van der Waals surface area (Å²) in [5.41, 5.74) is 1.75. The molecule has 112 valence electrons. The van der Waals surface area contributed by atoms with Crippen molar-refractivity contribution in [3.63, 3.8) is 0 Å². The van der Waals surface area contributed by atoms with Gasteiger partial charge < -0.3 is 10.1 Å². The third-order valence-electron chi connectivity index (χ3n) is 2.92. The van der Waals surface area contributed by atoms with E-state index in [9.17, 15) is 4.79 Å². The number of para-hydroxylation sites is 1. The standard InChI is InChI=1S/C15H18N2O2S2/c1-4-19-13-8-6-5-7-11(13)12-9-21-15(16-12)17-14(18)10(2)20-3/h5-10H,4H2,1-3H3,(H,16,17,18). The van der Waals surface area contributed by atoms with E-state index in [1.54, 1.807) is 0 Å². The second-order valence-electron chi connectivity index (χ2n) is 4.33. The summed E-state index contributed by atoms with van der Waals surface area (Å²) in [6.45, 7) is 4.43. The Morgan fingerprint density at radius 3 is 2.95 bits per heavy atom. The molecule has 4 nitrogen and oxygen atoms in total. The van der Waals surface area contributed by atoms with Crippen molar-refractivity contribution in [3.8, 4) is 17.0 Å². The molecule has 6 heteroatoms. The maximum atomic E-state index is 11.9. The van der Waals surface area contributed by atoms with Crippen molar-refractivity contribution in [1.82, 2.24) is 4.98 Å². The van der Waals surface area contributed by atoms with Crippen molar-refractivity contribution in [1.29, 1.82) is 0 Å². The average molecular weight is 322 g/mol. The number of thioether (sulfide) groups is 1. The van der Waals surface area contributed by atoms with Gasteiger partial charge >= 0.3 is 0 Å². The molecule has 2 aromatic rings. The monoisotopic (exact) mass is 322 g/mol. The van der Waals surface area contributed by atoms with Crippen LogP contribution in [0.25, 0.3) is 11.3 Å². The summed E-state index contributed by atoms with van der Waals surface area (Å²) in [6.07, 6.45) is 1.91. The average Bonchev–Trinajstić information content (AvgIpc) is 2.95. The number of aromatic nitrogens is 1. The molecule has 21 heavy (non-hydrogen) atoms. The molecule has 0 aliphatic carbocycles. The summed E-state index contributed by atoms with van der Waals surface area (Å²) in [5.74, 6) is 0.780. The van der Waals surface area contributed by atoms with Crippen LogP contribution in [0.15, 0.2) is 29.6 Å². The number of nitrogens with zero attached hydrogens (tertiary/aromatic N) is 1. The quantitative estimate of drug-likeness (QED) is 0.876. The molecule has 0 fully saturated rings. The second kappa shape index (κ2) is 7.47. The molecule has 2 rings (SSSR count). The van der Waals surface area contributed by atoms with Crippen LogP contribution in [0.3, 0.4) is 0 Å². The number of hydrogen-bond donors (Lipinski definition) is 1. The highest BCUT2D eigenvalue weighted by atomic mass is 32.2. The highest BCUT2D eigenvalue weighted by Crippen LogP contribution is 2.32. The van der Waals surface area contributed by atoms with Crippen LogP contribution in [0.5, 0.6) is 5.75 Å². The largest absolute Gasteiger partial charge is 0.493 e. The van der Waals surface area contributed by atoms with Crippen molar-refractivity contribution in [2.75, 3.05) is 18.2 Å². The number of nitrogens with one attached hydrogen (secondary N) is 1.